The van der Waals surface area contributed by atoms with Gasteiger partial charge in [0.2, 0.25) is 0 Å². The lowest BCUT2D eigenvalue weighted by Gasteiger charge is -2.25. The first kappa shape index (κ1) is 11.4. The van der Waals surface area contributed by atoms with E-state index in [-0.39, 0.29) is 6.08 Å². The van der Waals surface area contributed by atoms with Gasteiger partial charge in [0.1, 0.15) is 0 Å². The van der Waals surface area contributed by atoms with Crippen molar-refractivity contribution in [2.75, 3.05) is 0 Å². The number of halogens is 5. The third kappa shape index (κ3) is 1.76. The summed E-state index contributed by atoms with van der Waals surface area (Å²) in [5.41, 5.74) is 0. The Balaban J connectivity index is 4.70. The van der Waals surface area contributed by atoms with Gasteiger partial charge in [0, 0.05) is 0 Å². The molecule has 0 spiro atoms. The van der Waals surface area contributed by atoms with E-state index in [1.165, 1.54) is 0 Å². The van der Waals surface area contributed by atoms with Crippen molar-refractivity contribution in [1.29, 1.82) is 0 Å². The third-order valence-corrected chi connectivity index (χ3v) is 1.45. The SMILES string of the molecule is C=CC(F)(F)C(F)(F)C(F)CC. The average molecular weight is 188 g/mol. The molecule has 0 saturated carbocycles. The summed E-state index contributed by atoms with van der Waals surface area (Å²) in [5, 5.41) is 0. The molecule has 0 aromatic rings. The lowest BCUT2D eigenvalue weighted by Crippen LogP contribution is -2.46. The number of hydrogen-bond donors (Lipinski definition) is 0. The maximum Gasteiger partial charge on any atom is 0.344 e. The van der Waals surface area contributed by atoms with Crippen molar-refractivity contribution in [2.45, 2.75) is 31.4 Å². The molecule has 0 aliphatic heterocycles. The normalized spacial score (nSPS) is 15.8. The summed E-state index contributed by atoms with van der Waals surface area (Å²) >= 11 is 0. The minimum absolute atomic E-state index is 0.241. The molecular formula is C7H9F5. The van der Waals surface area contributed by atoms with Gasteiger partial charge in [-0.1, -0.05) is 13.5 Å². The highest BCUT2D eigenvalue weighted by Gasteiger charge is 2.59. The van der Waals surface area contributed by atoms with E-state index in [1.54, 1.807) is 0 Å². The van der Waals surface area contributed by atoms with E-state index < -0.39 is 24.4 Å². The molecule has 0 aliphatic carbocycles. The zero-order valence-electron chi connectivity index (χ0n) is 6.46. The second-order valence-electron chi connectivity index (χ2n) is 2.33. The molecule has 0 bridgehead atoms. The van der Waals surface area contributed by atoms with Crippen molar-refractivity contribution in [2.24, 2.45) is 0 Å². The Morgan fingerprint density at radius 3 is 2.00 bits per heavy atom. The van der Waals surface area contributed by atoms with E-state index in [0.29, 0.717) is 0 Å². The standard InChI is InChI=1S/C7H9F5/c1-3-5(8)7(11,12)6(9,10)4-2/h4-5H,2-3H2,1H3. The van der Waals surface area contributed by atoms with Crippen LogP contribution in [0.15, 0.2) is 12.7 Å². The van der Waals surface area contributed by atoms with E-state index in [2.05, 4.69) is 6.58 Å². The predicted molar refractivity (Wildman–Crippen MR) is 35.3 cm³/mol. The molecule has 0 heterocycles. The highest BCUT2D eigenvalue weighted by atomic mass is 19.3. The van der Waals surface area contributed by atoms with Gasteiger partial charge in [0.25, 0.3) is 0 Å². The van der Waals surface area contributed by atoms with Gasteiger partial charge in [0.15, 0.2) is 6.17 Å². The summed E-state index contributed by atoms with van der Waals surface area (Å²) in [5.74, 6) is -9.15. The first-order valence-corrected chi connectivity index (χ1v) is 3.33. The summed E-state index contributed by atoms with van der Waals surface area (Å²) in [6.07, 6.45) is -3.74. The predicted octanol–water partition coefficient (Wildman–Crippen LogP) is 3.19. The zero-order chi connectivity index (χ0) is 9.99. The monoisotopic (exact) mass is 188 g/mol. The molecule has 0 N–H and O–H groups in total. The summed E-state index contributed by atoms with van der Waals surface area (Å²) < 4.78 is 61.6. The second-order valence-corrected chi connectivity index (χ2v) is 2.33. The number of rotatable bonds is 4. The molecule has 0 nitrogen and oxygen atoms in total. The van der Waals surface area contributed by atoms with Crippen molar-refractivity contribution in [3.8, 4) is 0 Å². The van der Waals surface area contributed by atoms with Crippen LogP contribution in [0.5, 0.6) is 0 Å². The largest absolute Gasteiger partial charge is 0.344 e. The minimum Gasteiger partial charge on any atom is -0.241 e. The lowest BCUT2D eigenvalue weighted by atomic mass is 10.1. The van der Waals surface area contributed by atoms with Gasteiger partial charge in [-0.15, -0.1) is 0 Å². The minimum atomic E-state index is -4.66. The van der Waals surface area contributed by atoms with Crippen molar-refractivity contribution in [1.82, 2.24) is 0 Å². The van der Waals surface area contributed by atoms with Crippen molar-refractivity contribution in [3.05, 3.63) is 12.7 Å². The van der Waals surface area contributed by atoms with Crippen LogP contribution in [-0.4, -0.2) is 18.0 Å². The fourth-order valence-corrected chi connectivity index (χ4v) is 0.601. The molecule has 0 radical (unpaired) electrons. The van der Waals surface area contributed by atoms with E-state index in [4.69, 9.17) is 0 Å². The molecule has 0 amide bonds. The van der Waals surface area contributed by atoms with Crippen molar-refractivity contribution < 1.29 is 22.0 Å². The molecule has 0 aromatic heterocycles. The first-order valence-electron chi connectivity index (χ1n) is 3.33. The summed E-state index contributed by atoms with van der Waals surface area (Å²) in [4.78, 5) is 0. The average Bonchev–Trinajstić information content (AvgIpc) is 2.02. The number of allylic oxidation sites excluding steroid dienone is 1. The Morgan fingerprint density at radius 1 is 1.33 bits per heavy atom. The third-order valence-electron chi connectivity index (χ3n) is 1.45. The van der Waals surface area contributed by atoms with Crippen LogP contribution in [0.25, 0.3) is 0 Å². The maximum absolute atomic E-state index is 12.4. The van der Waals surface area contributed by atoms with Gasteiger partial charge in [-0.05, 0) is 12.5 Å². The van der Waals surface area contributed by atoms with Crippen LogP contribution in [0.1, 0.15) is 13.3 Å². The first-order chi connectivity index (χ1) is 5.29. The molecule has 0 rings (SSSR count). The van der Waals surface area contributed by atoms with E-state index >= 15 is 0 Å². The fraction of sp³-hybridized carbons (Fsp3) is 0.714. The Labute approximate surface area is 67.1 Å². The van der Waals surface area contributed by atoms with Crippen LogP contribution in [0.2, 0.25) is 0 Å². The quantitative estimate of drug-likeness (QED) is 0.469. The lowest BCUT2D eigenvalue weighted by molar-refractivity contribution is -0.213. The van der Waals surface area contributed by atoms with Gasteiger partial charge >= 0.3 is 11.8 Å². The van der Waals surface area contributed by atoms with Crippen molar-refractivity contribution in [3.63, 3.8) is 0 Å². The molecule has 72 valence electrons. The Hall–Kier alpha value is -0.610. The van der Waals surface area contributed by atoms with Gasteiger partial charge < -0.3 is 0 Å². The Bertz CT molecular complexity index is 163. The number of hydrogen-bond acceptors (Lipinski definition) is 0. The molecule has 0 aromatic carbocycles. The van der Waals surface area contributed by atoms with Gasteiger partial charge in [0.05, 0.1) is 0 Å². The summed E-state index contributed by atoms with van der Waals surface area (Å²) in [6.45, 7) is 3.59. The topological polar surface area (TPSA) is 0 Å². The second kappa shape index (κ2) is 3.41. The van der Waals surface area contributed by atoms with E-state index in [9.17, 15) is 22.0 Å². The number of alkyl halides is 5. The van der Waals surface area contributed by atoms with Gasteiger partial charge in [-0.25, -0.2) is 4.39 Å². The molecule has 12 heavy (non-hydrogen) atoms. The van der Waals surface area contributed by atoms with Crippen molar-refractivity contribution >= 4 is 0 Å². The van der Waals surface area contributed by atoms with Crippen LogP contribution < -0.4 is 0 Å². The van der Waals surface area contributed by atoms with Crippen LogP contribution in [0, 0.1) is 0 Å². The van der Waals surface area contributed by atoms with Gasteiger partial charge in [-0.3, -0.25) is 0 Å². The molecule has 0 fully saturated rings. The van der Waals surface area contributed by atoms with Crippen LogP contribution in [-0.2, 0) is 0 Å². The fourth-order valence-electron chi connectivity index (χ4n) is 0.601. The molecular weight excluding hydrogens is 179 g/mol. The highest BCUT2D eigenvalue weighted by molar-refractivity contribution is 5.01. The summed E-state index contributed by atoms with van der Waals surface area (Å²) in [6, 6.07) is 0. The smallest absolute Gasteiger partial charge is 0.241 e. The molecule has 0 aliphatic rings. The summed E-state index contributed by atoms with van der Waals surface area (Å²) in [7, 11) is 0. The molecule has 1 atom stereocenters. The van der Waals surface area contributed by atoms with Crippen LogP contribution in [0.4, 0.5) is 22.0 Å². The van der Waals surface area contributed by atoms with E-state index in [0.717, 1.165) is 6.92 Å². The molecule has 0 saturated heterocycles. The van der Waals surface area contributed by atoms with Gasteiger partial charge in [-0.2, -0.15) is 17.6 Å². The maximum atomic E-state index is 12.4. The zero-order valence-corrected chi connectivity index (χ0v) is 6.46. The Kier molecular flexibility index (Phi) is 3.24. The van der Waals surface area contributed by atoms with Crippen LogP contribution >= 0.6 is 0 Å². The molecule has 1 unspecified atom stereocenters. The molecule has 5 heteroatoms. The van der Waals surface area contributed by atoms with E-state index in [1.807, 2.05) is 0 Å². The van der Waals surface area contributed by atoms with Crippen LogP contribution in [0.3, 0.4) is 0 Å². The Morgan fingerprint density at radius 2 is 1.75 bits per heavy atom. The highest BCUT2D eigenvalue weighted by Crippen LogP contribution is 2.40.